The summed E-state index contributed by atoms with van der Waals surface area (Å²) in [6, 6.07) is 21.7. The van der Waals surface area contributed by atoms with Gasteiger partial charge >= 0.3 is 12.1 Å². The molecule has 6 amide bonds. The standard InChI is InChI=1S/C54H74N6O10/c1-6-7-8-18-25-45-42(31-37-26-28-40(29-27-37)39-21-14-10-15-22-39)53(66)60(5)44(30-35(2)3)50(63)59-48(41-23-16-11-17-24-41)52(65)57-43(32-56-54(67)68)49(62)58-47(51(64)55-33-46(61)70-45)36(4)69-34-38-19-12-9-13-20-38/h9-10,12-15,19-22,26-29,35-36,41-45,47-48,56H,6-8,11,16-18,23-25,30-34H2,1-5H3,(H,55,64)(H,57,65)(H,58,62)(H,59,63)(H,67,68)/t36-,42+,43-,44-,45+,47-,48-/m0/s1. The quantitative estimate of drug-likeness (QED) is 0.0654. The van der Waals surface area contributed by atoms with Crippen molar-refractivity contribution in [1.29, 1.82) is 0 Å². The van der Waals surface area contributed by atoms with Crippen molar-refractivity contribution in [2.75, 3.05) is 20.1 Å². The Morgan fingerprint density at radius 1 is 0.771 bits per heavy atom. The lowest BCUT2D eigenvalue weighted by Crippen LogP contribution is -2.63. The van der Waals surface area contributed by atoms with Gasteiger partial charge in [0.1, 0.15) is 36.8 Å². The zero-order valence-electron chi connectivity index (χ0n) is 41.5. The summed E-state index contributed by atoms with van der Waals surface area (Å²) in [6.45, 7) is 6.36. The van der Waals surface area contributed by atoms with Gasteiger partial charge in [-0.2, -0.15) is 0 Å². The molecule has 6 N–H and O–H groups in total. The van der Waals surface area contributed by atoms with Crippen LogP contribution in [0.5, 0.6) is 0 Å². The second kappa shape index (κ2) is 27.8. The van der Waals surface area contributed by atoms with Gasteiger partial charge in [0, 0.05) is 7.05 Å². The van der Waals surface area contributed by atoms with E-state index in [-0.39, 0.29) is 31.3 Å². The van der Waals surface area contributed by atoms with E-state index in [2.05, 4.69) is 33.5 Å². The Kier molecular flexibility index (Phi) is 21.7. The van der Waals surface area contributed by atoms with Gasteiger partial charge in [-0.05, 0) is 79.5 Å². The number of rotatable bonds is 17. The first-order chi connectivity index (χ1) is 33.6. The van der Waals surface area contributed by atoms with Gasteiger partial charge in [-0.25, -0.2) is 4.79 Å². The third-order valence-corrected chi connectivity index (χ3v) is 13.3. The number of ether oxygens (including phenoxy) is 2. The zero-order valence-corrected chi connectivity index (χ0v) is 41.5. The van der Waals surface area contributed by atoms with Crippen LogP contribution in [0.15, 0.2) is 84.9 Å². The maximum absolute atomic E-state index is 15.3. The summed E-state index contributed by atoms with van der Waals surface area (Å²) in [5.74, 6) is -5.65. The SMILES string of the molecule is CCCCCC[C@H]1OC(=O)CNC(=O)[C@H]([C@H](C)OCc2ccccc2)NC(=O)[C@H](CNC(=O)O)NC(=O)[C@H](C2CCCCC2)NC(=O)[C@H](CC(C)C)N(C)C(=O)[C@@H]1Cc1ccc(-c2ccccc2)cc1. The molecular weight excluding hydrogens is 893 g/mol. The normalized spacial score (nSPS) is 23.1. The summed E-state index contributed by atoms with van der Waals surface area (Å²) in [7, 11) is 1.56. The average molecular weight is 967 g/mol. The summed E-state index contributed by atoms with van der Waals surface area (Å²) in [4.78, 5) is 100. The fourth-order valence-corrected chi connectivity index (χ4v) is 9.32. The number of carbonyl (C=O) groups is 7. The Labute approximate surface area is 412 Å². The molecule has 380 valence electrons. The maximum Gasteiger partial charge on any atom is 0.404 e. The van der Waals surface area contributed by atoms with E-state index >= 15 is 4.79 Å². The number of hydrogen-bond donors (Lipinski definition) is 6. The van der Waals surface area contributed by atoms with Crippen LogP contribution in [0.3, 0.4) is 0 Å². The van der Waals surface area contributed by atoms with Crippen molar-refractivity contribution in [3.8, 4) is 11.1 Å². The fourth-order valence-electron chi connectivity index (χ4n) is 9.32. The number of hydrogen-bond acceptors (Lipinski definition) is 9. The van der Waals surface area contributed by atoms with Crippen LogP contribution in [0, 0.1) is 17.8 Å². The van der Waals surface area contributed by atoms with Gasteiger partial charge in [-0.15, -0.1) is 0 Å². The van der Waals surface area contributed by atoms with Crippen molar-refractivity contribution in [3.05, 3.63) is 96.1 Å². The van der Waals surface area contributed by atoms with Gasteiger partial charge in [-0.1, -0.05) is 144 Å². The largest absolute Gasteiger partial charge is 0.465 e. The average Bonchev–Trinajstić information content (AvgIpc) is 3.36. The molecule has 0 unspecified atom stereocenters. The van der Waals surface area contributed by atoms with Crippen molar-refractivity contribution in [3.63, 3.8) is 0 Å². The highest BCUT2D eigenvalue weighted by atomic mass is 16.5. The van der Waals surface area contributed by atoms with E-state index in [9.17, 15) is 33.9 Å². The van der Waals surface area contributed by atoms with Gasteiger partial charge in [0.05, 0.1) is 25.2 Å². The molecule has 1 saturated heterocycles. The van der Waals surface area contributed by atoms with Crippen molar-refractivity contribution >= 4 is 41.6 Å². The topological polar surface area (TPSA) is 222 Å². The molecule has 1 heterocycles. The molecule has 0 aromatic heterocycles. The highest BCUT2D eigenvalue weighted by Gasteiger charge is 2.41. The Morgan fingerprint density at radius 3 is 2.07 bits per heavy atom. The van der Waals surface area contributed by atoms with Gasteiger partial charge in [0.2, 0.25) is 29.5 Å². The van der Waals surface area contributed by atoms with Gasteiger partial charge in [-0.3, -0.25) is 28.8 Å². The van der Waals surface area contributed by atoms with E-state index in [4.69, 9.17) is 9.47 Å². The van der Waals surface area contributed by atoms with E-state index in [1.165, 1.54) is 4.90 Å². The van der Waals surface area contributed by atoms with Crippen LogP contribution in [0.4, 0.5) is 4.79 Å². The fraction of sp³-hybridized carbons (Fsp3) is 0.537. The van der Waals surface area contributed by atoms with Crippen LogP contribution in [0.1, 0.15) is 109 Å². The monoisotopic (exact) mass is 967 g/mol. The number of esters is 1. The minimum Gasteiger partial charge on any atom is -0.465 e. The number of carbonyl (C=O) groups excluding carboxylic acids is 6. The molecule has 16 heteroatoms. The van der Waals surface area contributed by atoms with Crippen LogP contribution in [-0.2, 0) is 51.3 Å². The number of unbranched alkanes of at least 4 members (excludes halogenated alkanes) is 3. The molecule has 70 heavy (non-hydrogen) atoms. The molecule has 3 aromatic carbocycles. The van der Waals surface area contributed by atoms with Gasteiger partial charge in [0.15, 0.2) is 0 Å². The number of carboxylic acid groups (broad SMARTS) is 1. The van der Waals surface area contributed by atoms with Crippen LogP contribution in [0.2, 0.25) is 0 Å². The van der Waals surface area contributed by atoms with Crippen LogP contribution in [0.25, 0.3) is 11.1 Å². The Hall–Kier alpha value is -6.29. The number of likely N-dealkylation sites (N-methyl/N-ethyl adjacent to an activating group) is 1. The van der Waals surface area contributed by atoms with Crippen LogP contribution >= 0.6 is 0 Å². The number of amides is 6. The smallest absolute Gasteiger partial charge is 0.404 e. The summed E-state index contributed by atoms with van der Waals surface area (Å²) in [5.41, 5.74) is 3.60. The summed E-state index contributed by atoms with van der Waals surface area (Å²) in [5, 5.41) is 22.7. The first-order valence-corrected chi connectivity index (χ1v) is 25.1. The lowest BCUT2D eigenvalue weighted by atomic mass is 9.83. The molecule has 5 rings (SSSR count). The molecule has 0 bridgehead atoms. The predicted molar refractivity (Wildman–Crippen MR) is 266 cm³/mol. The minimum absolute atomic E-state index is 0.0591. The van der Waals surface area contributed by atoms with Crippen molar-refractivity contribution in [1.82, 2.24) is 31.5 Å². The summed E-state index contributed by atoms with van der Waals surface area (Å²) in [6.07, 6.45) is 4.33. The molecule has 1 saturated carbocycles. The molecule has 0 spiro atoms. The number of nitrogens with zero attached hydrogens (tertiary/aromatic N) is 1. The van der Waals surface area contributed by atoms with E-state index in [1.54, 1.807) is 14.0 Å². The molecule has 1 aliphatic carbocycles. The lowest BCUT2D eigenvalue weighted by Gasteiger charge is -2.36. The van der Waals surface area contributed by atoms with Gasteiger partial charge in [0.25, 0.3) is 0 Å². The summed E-state index contributed by atoms with van der Waals surface area (Å²) >= 11 is 0. The van der Waals surface area contributed by atoms with Gasteiger partial charge < -0.3 is 46.1 Å². The Balaban J connectivity index is 1.58. The predicted octanol–water partition coefficient (Wildman–Crippen LogP) is 6.31. The number of nitrogens with one attached hydrogen (secondary N) is 5. The zero-order chi connectivity index (χ0) is 50.6. The Morgan fingerprint density at radius 2 is 1.43 bits per heavy atom. The second-order valence-electron chi connectivity index (χ2n) is 19.2. The Bertz CT molecular complexity index is 2170. The van der Waals surface area contributed by atoms with E-state index < -0.39 is 97.0 Å². The van der Waals surface area contributed by atoms with E-state index in [0.717, 1.165) is 60.8 Å². The molecule has 16 nitrogen and oxygen atoms in total. The highest BCUT2D eigenvalue weighted by molar-refractivity contribution is 5.96. The van der Waals surface area contributed by atoms with E-state index in [0.29, 0.717) is 25.7 Å². The van der Waals surface area contributed by atoms with Crippen LogP contribution < -0.4 is 26.6 Å². The molecule has 7 atom stereocenters. The lowest BCUT2D eigenvalue weighted by molar-refractivity contribution is -0.158. The van der Waals surface area contributed by atoms with Crippen LogP contribution in [-0.4, -0.2) is 108 Å². The van der Waals surface area contributed by atoms with Crippen molar-refractivity contribution in [2.45, 2.75) is 148 Å². The molecule has 0 radical (unpaired) electrons. The molecular formula is C54H74N6O10. The third kappa shape index (κ3) is 16.7. The first-order valence-electron chi connectivity index (χ1n) is 25.1. The van der Waals surface area contributed by atoms with E-state index in [1.807, 2.05) is 98.8 Å². The molecule has 3 aromatic rings. The molecule has 2 aliphatic rings. The molecule has 1 aliphatic heterocycles. The van der Waals surface area contributed by atoms with Crippen molar-refractivity contribution in [2.24, 2.45) is 17.8 Å². The molecule has 2 fully saturated rings. The minimum atomic E-state index is -1.55. The third-order valence-electron chi connectivity index (χ3n) is 13.3. The number of cyclic esters (lactones) is 1. The number of benzene rings is 3. The highest BCUT2D eigenvalue weighted by Crippen LogP contribution is 2.29. The maximum atomic E-state index is 15.3. The second-order valence-corrected chi connectivity index (χ2v) is 19.2. The van der Waals surface area contributed by atoms with Crippen molar-refractivity contribution < 1.29 is 48.1 Å². The first kappa shape index (κ1) is 54.6. The summed E-state index contributed by atoms with van der Waals surface area (Å²) < 4.78 is 12.3.